The molecule has 2 aromatic heterocycles. The number of hydrogen-bond donors (Lipinski definition) is 1. The zero-order valence-corrected chi connectivity index (χ0v) is 30.1. The molecule has 1 atom stereocenters. The lowest BCUT2D eigenvalue weighted by Gasteiger charge is -2.36. The fourth-order valence-electron chi connectivity index (χ4n) is 6.15. The molecule has 1 amide bonds. The summed E-state index contributed by atoms with van der Waals surface area (Å²) in [6, 6.07) is 8.75. The number of carbonyl (C=O) groups is 1. The number of ether oxygens (including phenoxy) is 2. The number of amides is 1. The molecule has 2 saturated heterocycles. The molecule has 9 nitrogen and oxygen atoms in total. The molecule has 2 N–H and O–H groups in total. The molecular formula is C36H53N5O4Si. The minimum Gasteiger partial charge on any atom is -0.444 e. The summed E-state index contributed by atoms with van der Waals surface area (Å²) in [5.74, 6) is 0.859. The molecule has 2 aliphatic rings. The Morgan fingerprint density at radius 3 is 2.43 bits per heavy atom. The average molecular weight is 648 g/mol. The van der Waals surface area contributed by atoms with Gasteiger partial charge in [-0.3, -0.25) is 4.68 Å². The maximum absolute atomic E-state index is 13.3. The number of hydrogen-bond acceptors (Lipinski definition) is 7. The van der Waals surface area contributed by atoms with Gasteiger partial charge in [0.2, 0.25) is 0 Å². The van der Waals surface area contributed by atoms with E-state index in [1.807, 2.05) is 48.9 Å². The van der Waals surface area contributed by atoms with Crippen LogP contribution in [0.2, 0.25) is 18.1 Å². The van der Waals surface area contributed by atoms with Crippen molar-refractivity contribution in [2.24, 2.45) is 0 Å². The van der Waals surface area contributed by atoms with E-state index in [2.05, 4.69) is 68.2 Å². The number of pyridine rings is 1. The van der Waals surface area contributed by atoms with Gasteiger partial charge in [-0.1, -0.05) is 32.9 Å². The van der Waals surface area contributed by atoms with Gasteiger partial charge in [0.15, 0.2) is 8.32 Å². The molecule has 0 unspecified atom stereocenters. The van der Waals surface area contributed by atoms with E-state index >= 15 is 0 Å². The van der Waals surface area contributed by atoms with E-state index in [-0.39, 0.29) is 17.2 Å². The number of anilines is 1. The van der Waals surface area contributed by atoms with Gasteiger partial charge in [0, 0.05) is 48.8 Å². The van der Waals surface area contributed by atoms with Crippen LogP contribution in [0.15, 0.2) is 42.9 Å². The number of aromatic nitrogens is 3. The summed E-state index contributed by atoms with van der Waals surface area (Å²) in [6.07, 6.45) is 9.25. The van der Waals surface area contributed by atoms with Crippen LogP contribution in [0.1, 0.15) is 90.3 Å². The summed E-state index contributed by atoms with van der Waals surface area (Å²) in [4.78, 5) is 19.9. The minimum absolute atomic E-state index is 0.0411. The number of nitrogens with zero attached hydrogens (tertiary/aromatic N) is 4. The molecule has 0 radical (unpaired) electrons. The lowest BCUT2D eigenvalue weighted by Crippen LogP contribution is -2.41. The van der Waals surface area contributed by atoms with Crippen LogP contribution in [0.25, 0.3) is 22.3 Å². The Hall–Kier alpha value is -3.21. The second kappa shape index (κ2) is 13.5. The maximum Gasteiger partial charge on any atom is 0.410 e. The largest absolute Gasteiger partial charge is 0.444 e. The third kappa shape index (κ3) is 7.83. The fraction of sp³-hybridized carbons (Fsp3) is 0.583. The molecule has 10 heteroatoms. The van der Waals surface area contributed by atoms with Gasteiger partial charge in [-0.2, -0.15) is 5.10 Å². The van der Waals surface area contributed by atoms with Crippen LogP contribution in [0.3, 0.4) is 0 Å². The Morgan fingerprint density at radius 1 is 1.00 bits per heavy atom. The second-order valence-electron chi connectivity index (χ2n) is 15.3. The van der Waals surface area contributed by atoms with Gasteiger partial charge < -0.3 is 24.5 Å². The lowest BCUT2D eigenvalue weighted by atomic mass is 9.83. The smallest absolute Gasteiger partial charge is 0.410 e. The number of carbonyl (C=O) groups excluding carboxylic acids is 1. The summed E-state index contributed by atoms with van der Waals surface area (Å²) in [5.41, 5.74) is 12.2. The van der Waals surface area contributed by atoms with Crippen molar-refractivity contribution < 1.29 is 18.7 Å². The zero-order valence-electron chi connectivity index (χ0n) is 29.1. The summed E-state index contributed by atoms with van der Waals surface area (Å²) in [6.45, 7) is 20.5. The second-order valence-corrected chi connectivity index (χ2v) is 20.1. The monoisotopic (exact) mass is 647 g/mol. The van der Waals surface area contributed by atoms with Gasteiger partial charge in [-0.25, -0.2) is 9.78 Å². The van der Waals surface area contributed by atoms with Crippen molar-refractivity contribution in [1.29, 1.82) is 0 Å². The first-order valence-electron chi connectivity index (χ1n) is 16.8. The van der Waals surface area contributed by atoms with Gasteiger partial charge in [0.25, 0.3) is 0 Å². The highest BCUT2D eigenvalue weighted by Gasteiger charge is 2.37. The molecule has 5 rings (SSSR count). The van der Waals surface area contributed by atoms with Crippen molar-refractivity contribution in [2.45, 2.75) is 109 Å². The molecule has 46 heavy (non-hydrogen) atoms. The Morgan fingerprint density at radius 2 is 1.74 bits per heavy atom. The highest BCUT2D eigenvalue weighted by molar-refractivity contribution is 6.74. The van der Waals surface area contributed by atoms with Crippen molar-refractivity contribution in [2.75, 3.05) is 32.1 Å². The molecule has 250 valence electrons. The molecular weight excluding hydrogens is 595 g/mol. The van der Waals surface area contributed by atoms with Gasteiger partial charge in [-0.15, -0.1) is 0 Å². The molecule has 2 aliphatic heterocycles. The molecule has 2 fully saturated rings. The predicted molar refractivity (Wildman–Crippen MR) is 186 cm³/mol. The quantitative estimate of drug-likeness (QED) is 0.246. The third-order valence-corrected chi connectivity index (χ3v) is 14.3. The van der Waals surface area contributed by atoms with E-state index in [9.17, 15) is 4.79 Å². The Kier molecular flexibility index (Phi) is 10.0. The normalized spacial score (nSPS) is 18.3. The van der Waals surface area contributed by atoms with Crippen LogP contribution < -0.4 is 5.73 Å². The number of likely N-dealkylation sites (tertiary alicyclic amines) is 1. The van der Waals surface area contributed by atoms with Crippen LogP contribution in [-0.2, 0) is 20.4 Å². The number of nitrogen functional groups attached to an aromatic ring is 1. The minimum atomic E-state index is -1.83. The first kappa shape index (κ1) is 34.1. The highest BCUT2D eigenvalue weighted by atomic mass is 28.4. The van der Waals surface area contributed by atoms with Crippen molar-refractivity contribution in [3.05, 3.63) is 54.0 Å². The first-order valence-corrected chi connectivity index (χ1v) is 19.7. The molecule has 4 heterocycles. The number of nitrogens with two attached hydrogens (primary N) is 1. The van der Waals surface area contributed by atoms with E-state index in [0.29, 0.717) is 31.4 Å². The molecule has 0 saturated carbocycles. The molecule has 0 bridgehead atoms. The first-order chi connectivity index (χ1) is 21.6. The van der Waals surface area contributed by atoms with Gasteiger partial charge in [0.05, 0.1) is 25.4 Å². The molecule has 0 spiro atoms. The van der Waals surface area contributed by atoms with Gasteiger partial charge >= 0.3 is 6.09 Å². The van der Waals surface area contributed by atoms with E-state index in [1.165, 1.54) is 11.1 Å². The molecule has 3 aromatic rings. The highest BCUT2D eigenvalue weighted by Crippen LogP contribution is 2.42. The predicted octanol–water partition coefficient (Wildman–Crippen LogP) is 8.18. The maximum atomic E-state index is 13.3. The standard InChI is InChI=1S/C36H53N5O4Si/c1-35(2,3)45-34(42)41-15-9-10-32(41)31-20-26(11-12-29(31)25-13-17-43-18-14-25)27-21-30(33(37)38-22-27)28-23-39-40(24-28)16-19-44-46(7,8)36(4,5)6/h11-12,20-25,32H,9-10,13-19H2,1-8H3,(H2,37,38)/t32-/m0/s1. The fourth-order valence-corrected chi connectivity index (χ4v) is 7.19. The zero-order chi connectivity index (χ0) is 33.3. The average Bonchev–Trinajstić information content (AvgIpc) is 3.67. The van der Waals surface area contributed by atoms with E-state index in [1.54, 1.807) is 0 Å². The topological polar surface area (TPSA) is 105 Å². The van der Waals surface area contributed by atoms with Crippen LogP contribution in [-0.4, -0.2) is 66.0 Å². The van der Waals surface area contributed by atoms with Gasteiger partial charge in [-0.05, 0) is 99.3 Å². The SMILES string of the molecule is CC(C)(C)OC(=O)N1CCC[C@H]1c1cc(-c2cnc(N)c(-c3cnn(CCO[Si](C)(C)C(C)(C)C)c3)c2)ccc1C1CCOCC1. The molecule has 0 aliphatic carbocycles. The Bertz CT molecular complexity index is 1520. The summed E-state index contributed by atoms with van der Waals surface area (Å²) in [7, 11) is -1.83. The number of rotatable bonds is 8. The van der Waals surface area contributed by atoms with Gasteiger partial charge in [0.1, 0.15) is 11.4 Å². The summed E-state index contributed by atoms with van der Waals surface area (Å²) >= 11 is 0. The summed E-state index contributed by atoms with van der Waals surface area (Å²) in [5, 5.41) is 4.77. The number of benzene rings is 1. The van der Waals surface area contributed by atoms with E-state index in [0.717, 1.165) is 61.2 Å². The molecule has 1 aromatic carbocycles. The van der Waals surface area contributed by atoms with Crippen molar-refractivity contribution in [3.8, 4) is 22.3 Å². The van der Waals surface area contributed by atoms with Crippen LogP contribution in [0, 0.1) is 0 Å². The van der Waals surface area contributed by atoms with E-state index in [4.69, 9.17) is 19.6 Å². The van der Waals surface area contributed by atoms with Crippen molar-refractivity contribution in [3.63, 3.8) is 0 Å². The third-order valence-electron chi connectivity index (χ3n) is 9.77. The van der Waals surface area contributed by atoms with Crippen LogP contribution in [0.4, 0.5) is 10.6 Å². The lowest BCUT2D eigenvalue weighted by molar-refractivity contribution is 0.0222. The van der Waals surface area contributed by atoms with Crippen LogP contribution >= 0.6 is 0 Å². The van der Waals surface area contributed by atoms with E-state index < -0.39 is 13.9 Å². The Balaban J connectivity index is 1.43. The van der Waals surface area contributed by atoms with Crippen molar-refractivity contribution >= 4 is 20.2 Å². The van der Waals surface area contributed by atoms with Crippen LogP contribution in [0.5, 0.6) is 0 Å². The Labute approximate surface area is 275 Å². The summed E-state index contributed by atoms with van der Waals surface area (Å²) < 4.78 is 19.8. The van der Waals surface area contributed by atoms with Crippen molar-refractivity contribution in [1.82, 2.24) is 19.7 Å².